The molecule has 0 unspecified atom stereocenters. The summed E-state index contributed by atoms with van der Waals surface area (Å²) in [6, 6.07) is 63.0. The first kappa shape index (κ1) is 28.1. The van der Waals surface area contributed by atoms with E-state index in [1.54, 1.807) is 0 Å². The summed E-state index contributed by atoms with van der Waals surface area (Å²) in [4.78, 5) is 0. The van der Waals surface area contributed by atoms with Gasteiger partial charge in [-0.2, -0.15) is 0 Å². The highest BCUT2D eigenvalue weighted by atomic mass is 32.1. The molecular formula is C48H28S2. The summed E-state index contributed by atoms with van der Waals surface area (Å²) in [5.41, 5.74) is 7.60. The van der Waals surface area contributed by atoms with Gasteiger partial charge in [0.15, 0.2) is 0 Å². The monoisotopic (exact) mass is 668 g/mol. The Labute approximate surface area is 297 Å². The summed E-state index contributed by atoms with van der Waals surface area (Å²) in [6.07, 6.45) is 0. The summed E-state index contributed by atoms with van der Waals surface area (Å²) in [6.45, 7) is 0. The van der Waals surface area contributed by atoms with E-state index in [-0.39, 0.29) is 0 Å². The van der Waals surface area contributed by atoms with Gasteiger partial charge in [0.05, 0.1) is 0 Å². The number of fused-ring (bicyclic) bond motifs is 10. The van der Waals surface area contributed by atoms with Crippen molar-refractivity contribution in [3.05, 3.63) is 170 Å². The lowest BCUT2D eigenvalue weighted by Crippen LogP contribution is -1.91. The lowest BCUT2D eigenvalue weighted by atomic mass is 9.85. The summed E-state index contributed by atoms with van der Waals surface area (Å²) in [5, 5.41) is 13.2. The van der Waals surface area contributed by atoms with Gasteiger partial charge in [-0.25, -0.2) is 0 Å². The maximum absolute atomic E-state index is 2.45. The van der Waals surface area contributed by atoms with Gasteiger partial charge >= 0.3 is 0 Å². The molecule has 0 saturated carbocycles. The Hall–Kier alpha value is -5.80. The maximum Gasteiger partial charge on any atom is 0.0370 e. The van der Waals surface area contributed by atoms with Crippen molar-refractivity contribution in [3.8, 4) is 33.4 Å². The highest BCUT2D eigenvalue weighted by molar-refractivity contribution is 7.28. The molecule has 50 heavy (non-hydrogen) atoms. The zero-order valence-electron chi connectivity index (χ0n) is 27.0. The summed E-state index contributed by atoms with van der Waals surface area (Å²) in [5.74, 6) is 0. The molecule has 0 bridgehead atoms. The Bertz CT molecular complexity index is 3070. The van der Waals surface area contributed by atoms with E-state index in [1.807, 2.05) is 22.7 Å². The Morgan fingerprint density at radius 3 is 1.40 bits per heavy atom. The van der Waals surface area contributed by atoms with Crippen LogP contribution in [0.4, 0.5) is 0 Å². The van der Waals surface area contributed by atoms with Gasteiger partial charge in [0, 0.05) is 40.3 Å². The van der Waals surface area contributed by atoms with Crippen molar-refractivity contribution in [2.75, 3.05) is 0 Å². The number of benzene rings is 9. The van der Waals surface area contributed by atoms with Crippen LogP contribution in [-0.4, -0.2) is 0 Å². The average molecular weight is 669 g/mol. The zero-order chi connectivity index (χ0) is 32.8. The van der Waals surface area contributed by atoms with Gasteiger partial charge in [-0.1, -0.05) is 146 Å². The molecule has 0 fully saturated rings. The van der Waals surface area contributed by atoms with E-state index in [9.17, 15) is 0 Å². The van der Waals surface area contributed by atoms with E-state index in [1.165, 1.54) is 106 Å². The smallest absolute Gasteiger partial charge is 0.0370 e. The predicted molar refractivity (Wildman–Crippen MR) is 221 cm³/mol. The second kappa shape index (κ2) is 10.9. The molecule has 9 aromatic carbocycles. The van der Waals surface area contributed by atoms with Gasteiger partial charge in [0.2, 0.25) is 0 Å². The second-order valence-electron chi connectivity index (χ2n) is 13.2. The van der Waals surface area contributed by atoms with E-state index in [2.05, 4.69) is 170 Å². The van der Waals surface area contributed by atoms with Crippen LogP contribution in [0.25, 0.3) is 106 Å². The first-order valence-electron chi connectivity index (χ1n) is 17.1. The molecule has 0 radical (unpaired) electrons. The van der Waals surface area contributed by atoms with E-state index in [4.69, 9.17) is 0 Å². The third-order valence-corrected chi connectivity index (χ3v) is 12.7. The normalized spacial score (nSPS) is 12.0. The van der Waals surface area contributed by atoms with Crippen molar-refractivity contribution in [2.24, 2.45) is 0 Å². The van der Waals surface area contributed by atoms with E-state index in [0.29, 0.717) is 0 Å². The van der Waals surface area contributed by atoms with Gasteiger partial charge in [-0.05, 0) is 90.0 Å². The molecule has 0 saturated heterocycles. The van der Waals surface area contributed by atoms with Crippen LogP contribution in [-0.2, 0) is 0 Å². The highest BCUT2D eigenvalue weighted by Crippen LogP contribution is 2.47. The molecule has 2 heterocycles. The zero-order valence-corrected chi connectivity index (χ0v) is 28.6. The molecular weight excluding hydrogens is 641 g/mol. The van der Waals surface area contributed by atoms with Crippen LogP contribution < -0.4 is 0 Å². The summed E-state index contributed by atoms with van der Waals surface area (Å²) >= 11 is 3.82. The third kappa shape index (κ3) is 4.10. The first-order valence-corrected chi connectivity index (χ1v) is 18.7. The van der Waals surface area contributed by atoms with Crippen LogP contribution in [0.3, 0.4) is 0 Å². The molecule has 0 nitrogen and oxygen atoms in total. The lowest BCUT2D eigenvalue weighted by molar-refractivity contribution is 1.64. The van der Waals surface area contributed by atoms with Crippen molar-refractivity contribution in [1.29, 1.82) is 0 Å². The predicted octanol–water partition coefficient (Wildman–Crippen LogP) is 14.9. The maximum atomic E-state index is 2.45. The quantitative estimate of drug-likeness (QED) is 0.164. The molecule has 2 heteroatoms. The SMILES string of the molecule is c1ccc(-c2c3ccccc3c(-c3ccc(-c4cc5sc6cc7sc8ccccc8c7cc6c5c5ccccc45)cc3)c3ccccc23)cc1. The van der Waals surface area contributed by atoms with Gasteiger partial charge in [0.1, 0.15) is 0 Å². The number of thiophene rings is 2. The fourth-order valence-corrected chi connectivity index (χ4v) is 10.7. The lowest BCUT2D eigenvalue weighted by Gasteiger charge is -2.18. The molecule has 0 aliphatic rings. The number of hydrogen-bond acceptors (Lipinski definition) is 2. The van der Waals surface area contributed by atoms with Crippen molar-refractivity contribution in [1.82, 2.24) is 0 Å². The first-order chi connectivity index (χ1) is 24.8. The second-order valence-corrected chi connectivity index (χ2v) is 15.3. The van der Waals surface area contributed by atoms with Gasteiger partial charge in [-0.3, -0.25) is 0 Å². The molecule has 0 N–H and O–H groups in total. The average Bonchev–Trinajstić information content (AvgIpc) is 3.73. The fourth-order valence-electron chi connectivity index (χ4n) is 8.27. The highest BCUT2D eigenvalue weighted by Gasteiger charge is 2.18. The Kier molecular flexibility index (Phi) is 6.09. The van der Waals surface area contributed by atoms with Crippen LogP contribution in [0.1, 0.15) is 0 Å². The van der Waals surface area contributed by atoms with Gasteiger partial charge in [0.25, 0.3) is 0 Å². The van der Waals surface area contributed by atoms with E-state index >= 15 is 0 Å². The van der Waals surface area contributed by atoms with Gasteiger partial charge < -0.3 is 0 Å². The Morgan fingerprint density at radius 2 is 0.740 bits per heavy atom. The molecule has 232 valence electrons. The number of rotatable bonds is 3. The van der Waals surface area contributed by atoms with E-state index < -0.39 is 0 Å². The summed E-state index contributed by atoms with van der Waals surface area (Å²) in [7, 11) is 0. The van der Waals surface area contributed by atoms with Crippen molar-refractivity contribution < 1.29 is 0 Å². The van der Waals surface area contributed by atoms with Crippen LogP contribution in [0, 0.1) is 0 Å². The molecule has 0 atom stereocenters. The van der Waals surface area contributed by atoms with Gasteiger partial charge in [-0.15, -0.1) is 22.7 Å². The van der Waals surface area contributed by atoms with Crippen molar-refractivity contribution in [2.45, 2.75) is 0 Å². The van der Waals surface area contributed by atoms with Crippen molar-refractivity contribution in [3.63, 3.8) is 0 Å². The third-order valence-electron chi connectivity index (χ3n) is 10.5. The molecule has 11 rings (SSSR count). The van der Waals surface area contributed by atoms with E-state index in [0.717, 1.165) is 0 Å². The minimum atomic E-state index is 1.24. The van der Waals surface area contributed by atoms with Crippen LogP contribution in [0.15, 0.2) is 170 Å². The minimum absolute atomic E-state index is 1.24. The van der Waals surface area contributed by atoms with Crippen molar-refractivity contribution >= 4 is 95.3 Å². The standard InChI is InChI=1S/C48H28S2/c1-2-12-30(13-3-1)46-35-17-6-8-19-37(35)47(38-20-9-7-18-36(38)46)31-24-22-29(23-25-31)39-27-45-48(34-16-5-4-14-32(34)39)41-26-40-33-15-10-11-21-42(33)49-43(40)28-44(41)50-45/h1-28H. The Morgan fingerprint density at radius 1 is 0.260 bits per heavy atom. The molecule has 11 aromatic rings. The molecule has 0 aliphatic carbocycles. The summed E-state index contributed by atoms with van der Waals surface area (Å²) < 4.78 is 5.41. The molecule has 0 aliphatic heterocycles. The Balaban J connectivity index is 1.11. The number of hydrogen-bond donors (Lipinski definition) is 0. The molecule has 0 amide bonds. The largest absolute Gasteiger partial charge is 0.135 e. The molecule has 2 aromatic heterocycles. The van der Waals surface area contributed by atoms with Crippen LogP contribution >= 0.6 is 22.7 Å². The fraction of sp³-hybridized carbons (Fsp3) is 0. The van der Waals surface area contributed by atoms with Crippen LogP contribution in [0.2, 0.25) is 0 Å². The topological polar surface area (TPSA) is 0 Å². The minimum Gasteiger partial charge on any atom is -0.135 e. The van der Waals surface area contributed by atoms with Crippen LogP contribution in [0.5, 0.6) is 0 Å². The molecule has 0 spiro atoms.